The van der Waals surface area contributed by atoms with Crippen LogP contribution in [0.25, 0.3) is 0 Å². The van der Waals surface area contributed by atoms with Gasteiger partial charge in [-0.25, -0.2) is 13.6 Å². The molecule has 5 heteroatoms. The number of hydrogen-bond acceptors (Lipinski definition) is 3. The van der Waals surface area contributed by atoms with E-state index in [9.17, 15) is 13.6 Å². The summed E-state index contributed by atoms with van der Waals surface area (Å²) < 4.78 is 33.4. The summed E-state index contributed by atoms with van der Waals surface area (Å²) in [5, 5.41) is 0. The van der Waals surface area contributed by atoms with E-state index in [1.807, 2.05) is 4.90 Å². The molecule has 1 aliphatic heterocycles. The molecule has 116 valence electrons. The number of rotatable bonds is 2. The van der Waals surface area contributed by atoms with Gasteiger partial charge in [-0.2, -0.15) is 0 Å². The third-order valence-electron chi connectivity index (χ3n) is 3.35. The van der Waals surface area contributed by atoms with Crippen molar-refractivity contribution < 1.29 is 18.3 Å². The molecule has 0 radical (unpaired) electrons. The minimum atomic E-state index is -0.843. The Kier molecular flexibility index (Phi) is 4.49. The normalized spacial score (nSPS) is 16.0. The van der Waals surface area contributed by atoms with Gasteiger partial charge in [0.05, 0.1) is 11.3 Å². The summed E-state index contributed by atoms with van der Waals surface area (Å²) in [6, 6.07) is 2.03. The molecule has 0 bridgehead atoms. The Bertz CT molecular complexity index is 532. The Hall–Kier alpha value is -1.65. The standard InChI is InChI=1S/C16H21F2NO2/c1-16(2,3)21-15(20)11-9-13(18)14(10-12(11)17)19-7-5-4-6-8-19/h9-10H,4-8H2,1-3H3. The number of piperidine rings is 1. The van der Waals surface area contributed by atoms with Crippen LogP contribution < -0.4 is 4.90 Å². The van der Waals surface area contributed by atoms with Gasteiger partial charge in [0.15, 0.2) is 0 Å². The van der Waals surface area contributed by atoms with Crippen molar-refractivity contribution in [1.82, 2.24) is 0 Å². The number of carbonyl (C=O) groups is 1. The van der Waals surface area contributed by atoms with Gasteiger partial charge < -0.3 is 9.64 Å². The van der Waals surface area contributed by atoms with E-state index in [1.165, 1.54) is 0 Å². The van der Waals surface area contributed by atoms with Crippen LogP contribution in [0.3, 0.4) is 0 Å². The van der Waals surface area contributed by atoms with E-state index in [2.05, 4.69) is 0 Å². The second-order valence-electron chi connectivity index (χ2n) is 6.33. The highest BCUT2D eigenvalue weighted by Gasteiger charge is 2.24. The predicted molar refractivity (Wildman–Crippen MR) is 77.6 cm³/mol. The molecule has 1 aliphatic rings. The third-order valence-corrected chi connectivity index (χ3v) is 3.35. The highest BCUT2D eigenvalue weighted by atomic mass is 19.1. The first kappa shape index (κ1) is 15.7. The van der Waals surface area contributed by atoms with E-state index in [1.54, 1.807) is 20.8 Å². The summed E-state index contributed by atoms with van der Waals surface area (Å²) in [7, 11) is 0. The van der Waals surface area contributed by atoms with Crippen LogP contribution in [0.2, 0.25) is 0 Å². The van der Waals surface area contributed by atoms with E-state index in [0.717, 1.165) is 31.4 Å². The molecule has 1 heterocycles. The zero-order chi connectivity index (χ0) is 15.6. The summed E-state index contributed by atoms with van der Waals surface area (Å²) in [6.45, 7) is 6.47. The van der Waals surface area contributed by atoms with E-state index < -0.39 is 23.2 Å². The molecule has 0 unspecified atom stereocenters. The minimum Gasteiger partial charge on any atom is -0.456 e. The quantitative estimate of drug-likeness (QED) is 0.775. The molecule has 0 saturated carbocycles. The van der Waals surface area contributed by atoms with Gasteiger partial charge in [-0.1, -0.05) is 0 Å². The highest BCUT2D eigenvalue weighted by molar-refractivity contribution is 5.90. The highest BCUT2D eigenvalue weighted by Crippen LogP contribution is 2.27. The molecule has 0 amide bonds. The summed E-state index contributed by atoms with van der Waals surface area (Å²) >= 11 is 0. The van der Waals surface area contributed by atoms with Crippen LogP contribution in [-0.2, 0) is 4.74 Å². The van der Waals surface area contributed by atoms with Gasteiger partial charge in [0.1, 0.15) is 17.2 Å². The van der Waals surface area contributed by atoms with Gasteiger partial charge in [0.2, 0.25) is 0 Å². The number of esters is 1. The molecule has 1 fully saturated rings. The molecule has 3 nitrogen and oxygen atoms in total. The van der Waals surface area contributed by atoms with Crippen molar-refractivity contribution in [3.8, 4) is 0 Å². The van der Waals surface area contributed by atoms with Crippen LogP contribution >= 0.6 is 0 Å². The smallest absolute Gasteiger partial charge is 0.341 e. The summed E-state index contributed by atoms with van der Waals surface area (Å²) in [4.78, 5) is 13.7. The topological polar surface area (TPSA) is 29.5 Å². The fourth-order valence-corrected chi connectivity index (χ4v) is 2.40. The van der Waals surface area contributed by atoms with Crippen LogP contribution in [0.4, 0.5) is 14.5 Å². The molecular formula is C16H21F2NO2. The third kappa shape index (κ3) is 3.93. The van der Waals surface area contributed by atoms with E-state index in [-0.39, 0.29) is 11.3 Å². The maximum Gasteiger partial charge on any atom is 0.341 e. The fraction of sp³-hybridized carbons (Fsp3) is 0.562. The number of benzene rings is 1. The lowest BCUT2D eigenvalue weighted by molar-refractivity contribution is 0.00642. The molecule has 0 N–H and O–H groups in total. The largest absolute Gasteiger partial charge is 0.456 e. The molecule has 2 rings (SSSR count). The zero-order valence-electron chi connectivity index (χ0n) is 12.7. The fourth-order valence-electron chi connectivity index (χ4n) is 2.40. The van der Waals surface area contributed by atoms with Crippen LogP contribution in [0.15, 0.2) is 12.1 Å². The van der Waals surface area contributed by atoms with Crippen molar-refractivity contribution in [2.75, 3.05) is 18.0 Å². The summed E-state index contributed by atoms with van der Waals surface area (Å²) in [5.74, 6) is -2.17. The van der Waals surface area contributed by atoms with Crippen molar-refractivity contribution in [3.05, 3.63) is 29.3 Å². The molecule has 1 aromatic carbocycles. The molecule has 0 atom stereocenters. The number of hydrogen-bond donors (Lipinski definition) is 0. The molecule has 1 saturated heterocycles. The maximum absolute atomic E-state index is 14.2. The van der Waals surface area contributed by atoms with Crippen molar-refractivity contribution in [3.63, 3.8) is 0 Å². The number of nitrogens with zero attached hydrogens (tertiary/aromatic N) is 1. The van der Waals surface area contributed by atoms with E-state index in [0.29, 0.717) is 13.1 Å². The predicted octanol–water partition coefficient (Wildman–Crippen LogP) is 3.91. The number of carbonyl (C=O) groups excluding carboxylic acids is 1. The average Bonchev–Trinajstić information content (AvgIpc) is 2.40. The molecule has 0 aromatic heterocycles. The summed E-state index contributed by atoms with van der Waals surface area (Å²) in [5.41, 5.74) is -0.881. The Morgan fingerprint density at radius 1 is 1.10 bits per heavy atom. The second-order valence-corrected chi connectivity index (χ2v) is 6.33. The number of ether oxygens (including phenoxy) is 1. The maximum atomic E-state index is 14.2. The molecule has 21 heavy (non-hydrogen) atoms. The Morgan fingerprint density at radius 3 is 2.29 bits per heavy atom. The van der Waals surface area contributed by atoms with Crippen molar-refractivity contribution in [2.45, 2.75) is 45.6 Å². The van der Waals surface area contributed by atoms with Gasteiger partial charge in [0, 0.05) is 19.2 Å². The van der Waals surface area contributed by atoms with Gasteiger partial charge >= 0.3 is 5.97 Å². The van der Waals surface area contributed by atoms with Crippen molar-refractivity contribution in [2.24, 2.45) is 0 Å². The average molecular weight is 297 g/mol. The lowest BCUT2D eigenvalue weighted by Crippen LogP contribution is -2.30. The molecule has 0 aliphatic carbocycles. The van der Waals surface area contributed by atoms with Crippen LogP contribution in [-0.4, -0.2) is 24.7 Å². The zero-order valence-corrected chi connectivity index (χ0v) is 12.7. The first-order valence-electron chi connectivity index (χ1n) is 7.25. The van der Waals surface area contributed by atoms with Gasteiger partial charge in [0.25, 0.3) is 0 Å². The minimum absolute atomic E-state index is 0.222. The van der Waals surface area contributed by atoms with Gasteiger partial charge in [-0.3, -0.25) is 0 Å². The lowest BCUT2D eigenvalue weighted by Gasteiger charge is -2.29. The SMILES string of the molecule is CC(C)(C)OC(=O)c1cc(F)c(N2CCCCC2)cc1F. The van der Waals surface area contributed by atoms with Crippen LogP contribution in [0.5, 0.6) is 0 Å². The molecule has 0 spiro atoms. The number of anilines is 1. The van der Waals surface area contributed by atoms with E-state index >= 15 is 0 Å². The monoisotopic (exact) mass is 297 g/mol. The van der Waals surface area contributed by atoms with Crippen LogP contribution in [0.1, 0.15) is 50.4 Å². The Balaban J connectivity index is 2.26. The first-order chi connectivity index (χ1) is 9.78. The van der Waals surface area contributed by atoms with Crippen molar-refractivity contribution >= 4 is 11.7 Å². The molecule has 1 aromatic rings. The Morgan fingerprint density at radius 2 is 1.71 bits per heavy atom. The van der Waals surface area contributed by atoms with E-state index in [4.69, 9.17) is 4.74 Å². The summed E-state index contributed by atoms with van der Waals surface area (Å²) in [6.07, 6.45) is 3.04. The molecular weight excluding hydrogens is 276 g/mol. The number of halogens is 2. The Labute approximate surface area is 123 Å². The van der Waals surface area contributed by atoms with Gasteiger partial charge in [-0.15, -0.1) is 0 Å². The lowest BCUT2D eigenvalue weighted by atomic mass is 10.1. The van der Waals surface area contributed by atoms with Crippen molar-refractivity contribution in [1.29, 1.82) is 0 Å². The van der Waals surface area contributed by atoms with Crippen LogP contribution in [0, 0.1) is 11.6 Å². The first-order valence-corrected chi connectivity index (χ1v) is 7.25. The van der Waals surface area contributed by atoms with Gasteiger partial charge in [-0.05, 0) is 46.1 Å². The second kappa shape index (κ2) is 6.00.